The Hall–Kier alpha value is -2.51. The van der Waals surface area contributed by atoms with Gasteiger partial charge in [-0.15, -0.1) is 0 Å². The molecule has 0 heterocycles. The van der Waals surface area contributed by atoms with Gasteiger partial charge in [0.15, 0.2) is 0 Å². The molecule has 1 aromatic rings. The highest BCUT2D eigenvalue weighted by atomic mass is 35.5. The average Bonchev–Trinajstić information content (AvgIpc) is 3.01. The van der Waals surface area contributed by atoms with E-state index in [2.05, 4.69) is 0 Å². The highest BCUT2D eigenvalue weighted by molar-refractivity contribution is 6.30. The first-order chi connectivity index (χ1) is 14.1. The predicted octanol–water partition coefficient (Wildman–Crippen LogP) is 3.47. The van der Waals surface area contributed by atoms with E-state index in [1.54, 1.807) is 50.3 Å². The number of allylic oxidation sites excluding steroid dienone is 3. The summed E-state index contributed by atoms with van der Waals surface area (Å²) in [5.41, 5.74) is -4.57. The van der Waals surface area contributed by atoms with Crippen LogP contribution in [-0.2, 0) is 14.3 Å². The van der Waals surface area contributed by atoms with Crippen LogP contribution in [0.25, 0.3) is 0 Å². The zero-order valence-corrected chi connectivity index (χ0v) is 17.5. The standard InChI is InChI=1S/C22H24ClNO6/c1-3-30-19(26)21(14-25)13-22(27,20(2)11-5-4-6-12-20)18(24(28)29)17(21)15-7-9-16(23)10-8-15/h4-11,14,17-18,27H,3,12-13H2,1-2H3/t17-,18-,20?,21-,22+/m0/s1. The number of hydrogen-bond acceptors (Lipinski definition) is 6. The van der Waals surface area contributed by atoms with Crippen LogP contribution in [0.15, 0.2) is 48.6 Å². The van der Waals surface area contributed by atoms with Gasteiger partial charge in [-0.1, -0.05) is 55.0 Å². The summed E-state index contributed by atoms with van der Waals surface area (Å²) in [7, 11) is 0. The van der Waals surface area contributed by atoms with Gasteiger partial charge < -0.3 is 14.6 Å². The Bertz CT molecular complexity index is 913. The van der Waals surface area contributed by atoms with Gasteiger partial charge in [-0.2, -0.15) is 0 Å². The highest BCUT2D eigenvalue weighted by Gasteiger charge is 2.74. The maximum atomic E-state index is 13.0. The van der Waals surface area contributed by atoms with Gasteiger partial charge in [0.1, 0.15) is 17.3 Å². The van der Waals surface area contributed by atoms with Crippen molar-refractivity contribution < 1.29 is 24.4 Å². The highest BCUT2D eigenvalue weighted by Crippen LogP contribution is 2.61. The number of hydrogen-bond donors (Lipinski definition) is 1. The van der Waals surface area contributed by atoms with E-state index in [0.717, 1.165) is 0 Å². The van der Waals surface area contributed by atoms with Crippen molar-refractivity contribution in [2.75, 3.05) is 6.61 Å². The third kappa shape index (κ3) is 3.26. The second-order valence-corrected chi connectivity index (χ2v) is 8.58. The quantitative estimate of drug-likeness (QED) is 0.242. The number of esters is 1. The third-order valence-corrected chi connectivity index (χ3v) is 6.74. The van der Waals surface area contributed by atoms with Crippen LogP contribution in [0, 0.1) is 20.9 Å². The SMILES string of the molecule is CCOC(=O)[C@]1(C=O)C[C@](O)(C2(C)C=CC=CC2)[C@@H]([N+](=O)[O-])[C@@H]1c1ccc(Cl)cc1. The summed E-state index contributed by atoms with van der Waals surface area (Å²) in [5, 5.41) is 24.6. The molecule has 1 saturated carbocycles. The van der Waals surface area contributed by atoms with Gasteiger partial charge in [-0.05, 0) is 31.0 Å². The molecule has 2 aliphatic rings. The molecule has 2 aliphatic carbocycles. The monoisotopic (exact) mass is 433 g/mol. The molecule has 8 heteroatoms. The predicted molar refractivity (Wildman–Crippen MR) is 111 cm³/mol. The van der Waals surface area contributed by atoms with E-state index < -0.39 is 45.7 Å². The lowest BCUT2D eigenvalue weighted by molar-refractivity contribution is -0.549. The summed E-state index contributed by atoms with van der Waals surface area (Å²) in [4.78, 5) is 37.3. The van der Waals surface area contributed by atoms with Crippen molar-refractivity contribution in [1.82, 2.24) is 0 Å². The molecule has 5 atom stereocenters. The molecule has 0 aliphatic heterocycles. The summed E-state index contributed by atoms with van der Waals surface area (Å²) in [6, 6.07) is 4.56. The summed E-state index contributed by atoms with van der Waals surface area (Å²) in [6.07, 6.45) is 7.32. The van der Waals surface area contributed by atoms with Crippen LogP contribution < -0.4 is 0 Å². The van der Waals surface area contributed by atoms with Crippen LogP contribution in [0.3, 0.4) is 0 Å². The molecular weight excluding hydrogens is 410 g/mol. The van der Waals surface area contributed by atoms with Gasteiger partial charge >= 0.3 is 5.97 Å². The normalized spacial score (nSPS) is 35.2. The van der Waals surface area contributed by atoms with Crippen LogP contribution >= 0.6 is 11.6 Å². The second-order valence-electron chi connectivity index (χ2n) is 8.15. The Morgan fingerprint density at radius 3 is 2.53 bits per heavy atom. The van der Waals surface area contributed by atoms with E-state index in [0.29, 0.717) is 23.3 Å². The van der Waals surface area contributed by atoms with E-state index in [9.17, 15) is 24.8 Å². The number of aliphatic hydroxyl groups is 1. The number of nitrogens with zero attached hydrogens (tertiary/aromatic N) is 1. The molecule has 30 heavy (non-hydrogen) atoms. The number of aldehydes is 1. The molecule has 0 spiro atoms. The van der Waals surface area contributed by atoms with Gasteiger partial charge in [0.05, 0.1) is 12.5 Å². The minimum absolute atomic E-state index is 0.00320. The third-order valence-electron chi connectivity index (χ3n) is 6.49. The molecule has 0 amide bonds. The molecule has 3 rings (SSSR count). The zero-order chi connectivity index (χ0) is 22.2. The Morgan fingerprint density at radius 1 is 1.37 bits per heavy atom. The molecule has 7 nitrogen and oxygen atoms in total. The van der Waals surface area contributed by atoms with E-state index in [-0.39, 0.29) is 6.61 Å². The Kier molecular flexibility index (Phi) is 5.89. The van der Waals surface area contributed by atoms with Gasteiger partial charge in [0.2, 0.25) is 6.04 Å². The molecule has 1 N–H and O–H groups in total. The molecule has 160 valence electrons. The van der Waals surface area contributed by atoms with Gasteiger partial charge in [0.25, 0.3) is 0 Å². The van der Waals surface area contributed by atoms with E-state index in [1.165, 1.54) is 12.1 Å². The van der Waals surface area contributed by atoms with Gasteiger partial charge in [0, 0.05) is 21.8 Å². The first kappa shape index (κ1) is 22.2. The fourth-order valence-corrected chi connectivity index (χ4v) is 5.01. The summed E-state index contributed by atoms with van der Waals surface area (Å²) >= 11 is 5.97. The van der Waals surface area contributed by atoms with Crippen molar-refractivity contribution in [2.45, 2.75) is 44.2 Å². The molecule has 1 fully saturated rings. The van der Waals surface area contributed by atoms with Crippen LogP contribution in [0.2, 0.25) is 5.02 Å². The second kappa shape index (κ2) is 7.96. The first-order valence-electron chi connectivity index (χ1n) is 9.74. The number of carbonyl (C=O) groups excluding carboxylic acids is 2. The summed E-state index contributed by atoms with van der Waals surface area (Å²) in [6.45, 7) is 3.30. The first-order valence-corrected chi connectivity index (χ1v) is 10.1. The van der Waals surface area contributed by atoms with E-state index in [4.69, 9.17) is 16.3 Å². The lowest BCUT2D eigenvalue weighted by Gasteiger charge is -2.42. The van der Waals surface area contributed by atoms with Crippen molar-refractivity contribution in [3.05, 3.63) is 69.3 Å². The number of ether oxygens (including phenoxy) is 1. The van der Waals surface area contributed by atoms with Crippen molar-refractivity contribution in [3.63, 3.8) is 0 Å². The topological polar surface area (TPSA) is 107 Å². The Morgan fingerprint density at radius 2 is 2.03 bits per heavy atom. The molecular formula is C22H24ClNO6. The molecule has 1 aromatic carbocycles. The summed E-state index contributed by atoms with van der Waals surface area (Å²) in [5.74, 6) is -2.09. The van der Waals surface area contributed by atoms with Gasteiger partial charge in [-0.3, -0.25) is 14.9 Å². The van der Waals surface area contributed by atoms with Crippen LogP contribution in [0.4, 0.5) is 0 Å². The van der Waals surface area contributed by atoms with Crippen molar-refractivity contribution in [3.8, 4) is 0 Å². The van der Waals surface area contributed by atoms with Crippen LogP contribution in [0.5, 0.6) is 0 Å². The molecule has 1 unspecified atom stereocenters. The zero-order valence-electron chi connectivity index (χ0n) is 16.8. The van der Waals surface area contributed by atoms with Crippen molar-refractivity contribution >= 4 is 23.9 Å². The number of benzene rings is 1. The smallest absolute Gasteiger partial charge is 0.320 e. The maximum Gasteiger partial charge on any atom is 0.320 e. The number of carbonyl (C=O) groups is 2. The largest absolute Gasteiger partial charge is 0.465 e. The fourth-order valence-electron chi connectivity index (χ4n) is 4.88. The molecule has 0 aromatic heterocycles. The average molecular weight is 434 g/mol. The minimum atomic E-state index is -1.98. The number of nitro groups is 1. The van der Waals surface area contributed by atoms with E-state index >= 15 is 0 Å². The molecule has 0 bridgehead atoms. The molecule has 0 saturated heterocycles. The Balaban J connectivity index is 2.27. The van der Waals surface area contributed by atoms with Crippen LogP contribution in [-0.4, -0.2) is 40.5 Å². The minimum Gasteiger partial charge on any atom is -0.465 e. The number of rotatable bonds is 6. The van der Waals surface area contributed by atoms with E-state index in [1.807, 2.05) is 0 Å². The van der Waals surface area contributed by atoms with Gasteiger partial charge in [-0.25, -0.2) is 0 Å². The lowest BCUT2D eigenvalue weighted by atomic mass is 9.66. The number of halogens is 1. The fraction of sp³-hybridized carbons (Fsp3) is 0.455. The van der Waals surface area contributed by atoms with Crippen molar-refractivity contribution in [2.24, 2.45) is 10.8 Å². The maximum absolute atomic E-state index is 13.0. The lowest BCUT2D eigenvalue weighted by Crippen LogP contribution is -2.55. The van der Waals surface area contributed by atoms with Crippen molar-refractivity contribution in [1.29, 1.82) is 0 Å². The summed E-state index contributed by atoms with van der Waals surface area (Å²) < 4.78 is 5.18. The Labute approximate surface area is 179 Å². The van der Waals surface area contributed by atoms with Crippen LogP contribution in [0.1, 0.15) is 38.2 Å². The molecule has 0 radical (unpaired) electrons.